The number of carbonyl (C=O) groups is 1. The van der Waals surface area contributed by atoms with Crippen molar-refractivity contribution in [3.63, 3.8) is 0 Å². The molecule has 0 radical (unpaired) electrons. The Labute approximate surface area is 134 Å². The third kappa shape index (κ3) is 3.52. The van der Waals surface area contributed by atoms with Gasteiger partial charge in [0.2, 0.25) is 5.91 Å². The Bertz CT molecular complexity index is 672. The summed E-state index contributed by atoms with van der Waals surface area (Å²) in [6.45, 7) is 1.40. The lowest BCUT2D eigenvalue weighted by molar-refractivity contribution is -0.132. The molecular weight excluding hydrogens is 297 g/mol. The molecule has 1 amide bonds. The Hall–Kier alpha value is -2.37. The zero-order valence-electron chi connectivity index (χ0n) is 13.1. The van der Waals surface area contributed by atoms with E-state index in [2.05, 4.69) is 5.10 Å². The topological polar surface area (TPSA) is 47.4 Å². The molecule has 6 heteroatoms. The number of aromatic nitrogens is 2. The van der Waals surface area contributed by atoms with Gasteiger partial charge in [0.25, 0.3) is 0 Å². The fourth-order valence-corrected chi connectivity index (χ4v) is 3.00. The van der Waals surface area contributed by atoms with Crippen molar-refractivity contribution in [1.82, 2.24) is 14.7 Å². The van der Waals surface area contributed by atoms with Gasteiger partial charge in [0, 0.05) is 25.5 Å². The van der Waals surface area contributed by atoms with Crippen LogP contribution in [0, 0.1) is 5.82 Å². The van der Waals surface area contributed by atoms with Crippen molar-refractivity contribution < 1.29 is 13.9 Å². The second-order valence-electron chi connectivity index (χ2n) is 5.77. The maximum absolute atomic E-state index is 13.7. The average Bonchev–Trinajstić information content (AvgIpc) is 3.10. The number of benzene rings is 1. The molecule has 0 saturated carbocycles. The molecule has 1 atom stereocenters. The number of nitrogens with zero attached hydrogens (tertiary/aromatic N) is 3. The van der Waals surface area contributed by atoms with Crippen LogP contribution in [0.3, 0.4) is 0 Å². The quantitative estimate of drug-likeness (QED) is 0.870. The smallest absolute Gasteiger partial charge is 0.227 e. The van der Waals surface area contributed by atoms with Crippen LogP contribution in [0.5, 0.6) is 5.75 Å². The minimum atomic E-state index is -0.439. The fourth-order valence-electron chi connectivity index (χ4n) is 3.00. The zero-order valence-corrected chi connectivity index (χ0v) is 13.1. The van der Waals surface area contributed by atoms with Crippen LogP contribution in [-0.2, 0) is 11.2 Å². The number of piperidine rings is 1. The lowest BCUT2D eigenvalue weighted by atomic mass is 10.0. The summed E-state index contributed by atoms with van der Waals surface area (Å²) in [6.07, 6.45) is 5.85. The molecule has 1 aromatic carbocycles. The Morgan fingerprint density at radius 2 is 2.35 bits per heavy atom. The summed E-state index contributed by atoms with van der Waals surface area (Å²) in [5.74, 6) is -0.227. The molecule has 1 aliphatic rings. The van der Waals surface area contributed by atoms with E-state index in [0.29, 0.717) is 12.1 Å². The lowest BCUT2D eigenvalue weighted by Crippen LogP contribution is -2.41. The minimum absolute atomic E-state index is 0.0198. The van der Waals surface area contributed by atoms with Gasteiger partial charge in [0.15, 0.2) is 11.6 Å². The van der Waals surface area contributed by atoms with Crippen molar-refractivity contribution in [2.75, 3.05) is 20.2 Å². The van der Waals surface area contributed by atoms with E-state index < -0.39 is 5.82 Å². The monoisotopic (exact) mass is 317 g/mol. The summed E-state index contributed by atoms with van der Waals surface area (Å²) in [6, 6.07) is 6.76. The highest BCUT2D eigenvalue weighted by Gasteiger charge is 2.25. The number of carbonyl (C=O) groups excluding carboxylic acids is 1. The SMILES string of the molecule is COc1ccc(CC(=O)N2CCC[C@@H](n3cccn3)C2)cc1F. The molecule has 1 aliphatic heterocycles. The van der Waals surface area contributed by atoms with Crippen LogP contribution in [0.4, 0.5) is 4.39 Å². The van der Waals surface area contributed by atoms with Crippen LogP contribution in [0.25, 0.3) is 0 Å². The van der Waals surface area contributed by atoms with Crippen LogP contribution in [0.1, 0.15) is 24.4 Å². The lowest BCUT2D eigenvalue weighted by Gasteiger charge is -2.33. The molecule has 122 valence electrons. The van der Waals surface area contributed by atoms with Gasteiger partial charge in [-0.25, -0.2) is 4.39 Å². The Morgan fingerprint density at radius 1 is 1.48 bits per heavy atom. The molecule has 2 heterocycles. The second kappa shape index (κ2) is 6.81. The number of hydrogen-bond acceptors (Lipinski definition) is 3. The van der Waals surface area contributed by atoms with E-state index in [4.69, 9.17) is 4.74 Å². The third-order valence-corrected chi connectivity index (χ3v) is 4.22. The number of methoxy groups -OCH3 is 1. The average molecular weight is 317 g/mol. The maximum atomic E-state index is 13.7. The van der Waals surface area contributed by atoms with Crippen molar-refractivity contribution in [3.8, 4) is 5.75 Å². The van der Waals surface area contributed by atoms with Gasteiger partial charge in [-0.15, -0.1) is 0 Å². The van der Waals surface area contributed by atoms with Crippen molar-refractivity contribution >= 4 is 5.91 Å². The molecule has 0 unspecified atom stereocenters. The largest absolute Gasteiger partial charge is 0.494 e. The first-order valence-electron chi connectivity index (χ1n) is 7.76. The highest BCUT2D eigenvalue weighted by Crippen LogP contribution is 2.22. The van der Waals surface area contributed by atoms with Crippen LogP contribution in [-0.4, -0.2) is 40.8 Å². The van der Waals surface area contributed by atoms with Gasteiger partial charge in [-0.05, 0) is 36.6 Å². The molecule has 23 heavy (non-hydrogen) atoms. The number of amides is 1. The molecule has 5 nitrogen and oxygen atoms in total. The molecular formula is C17H20FN3O2. The van der Waals surface area contributed by atoms with Crippen molar-refractivity contribution in [3.05, 3.63) is 48.0 Å². The molecule has 3 rings (SSSR count). The van der Waals surface area contributed by atoms with Gasteiger partial charge < -0.3 is 9.64 Å². The first kappa shape index (κ1) is 15.5. The number of rotatable bonds is 4. The van der Waals surface area contributed by atoms with Gasteiger partial charge in [0.05, 0.1) is 19.6 Å². The molecule has 1 fully saturated rings. The van der Waals surface area contributed by atoms with Gasteiger partial charge in [-0.1, -0.05) is 6.07 Å². The van der Waals surface area contributed by atoms with Crippen LogP contribution >= 0.6 is 0 Å². The molecule has 0 N–H and O–H groups in total. The van der Waals surface area contributed by atoms with Gasteiger partial charge in [0.1, 0.15) is 0 Å². The predicted molar refractivity (Wildman–Crippen MR) is 83.7 cm³/mol. The molecule has 2 aromatic rings. The Morgan fingerprint density at radius 3 is 3.04 bits per heavy atom. The van der Waals surface area contributed by atoms with Gasteiger partial charge in [-0.2, -0.15) is 5.10 Å². The van der Waals surface area contributed by atoms with E-state index in [1.807, 2.05) is 21.8 Å². The van der Waals surface area contributed by atoms with Crippen molar-refractivity contribution in [2.45, 2.75) is 25.3 Å². The van der Waals surface area contributed by atoms with Gasteiger partial charge in [-0.3, -0.25) is 9.48 Å². The molecule has 0 spiro atoms. The van der Waals surface area contributed by atoms with Gasteiger partial charge >= 0.3 is 0 Å². The number of hydrogen-bond donors (Lipinski definition) is 0. The highest BCUT2D eigenvalue weighted by molar-refractivity contribution is 5.79. The zero-order chi connectivity index (χ0) is 16.2. The van der Waals surface area contributed by atoms with E-state index >= 15 is 0 Å². The first-order chi connectivity index (χ1) is 11.2. The summed E-state index contributed by atoms with van der Waals surface area (Å²) >= 11 is 0. The van der Waals surface area contributed by atoms with E-state index in [9.17, 15) is 9.18 Å². The molecule has 0 aliphatic carbocycles. The molecule has 1 saturated heterocycles. The summed E-state index contributed by atoms with van der Waals surface area (Å²) in [4.78, 5) is 14.3. The first-order valence-corrected chi connectivity index (χ1v) is 7.76. The summed E-state index contributed by atoms with van der Waals surface area (Å²) in [5, 5.41) is 4.26. The second-order valence-corrected chi connectivity index (χ2v) is 5.77. The van der Waals surface area contributed by atoms with Crippen LogP contribution in [0.2, 0.25) is 0 Å². The summed E-state index contributed by atoms with van der Waals surface area (Å²) < 4.78 is 20.5. The van der Waals surface area contributed by atoms with E-state index in [-0.39, 0.29) is 24.1 Å². The van der Waals surface area contributed by atoms with Crippen molar-refractivity contribution in [1.29, 1.82) is 0 Å². The fraction of sp³-hybridized carbons (Fsp3) is 0.412. The predicted octanol–water partition coefficient (Wildman–Crippen LogP) is 2.44. The van der Waals surface area contributed by atoms with E-state index in [1.165, 1.54) is 13.2 Å². The normalized spacial score (nSPS) is 18.0. The highest BCUT2D eigenvalue weighted by atomic mass is 19.1. The van der Waals surface area contributed by atoms with E-state index in [1.54, 1.807) is 18.3 Å². The van der Waals surface area contributed by atoms with Crippen LogP contribution < -0.4 is 4.74 Å². The Kier molecular flexibility index (Phi) is 4.60. The molecule has 0 bridgehead atoms. The number of halogens is 1. The Balaban J connectivity index is 1.64. The third-order valence-electron chi connectivity index (χ3n) is 4.22. The maximum Gasteiger partial charge on any atom is 0.227 e. The minimum Gasteiger partial charge on any atom is -0.494 e. The number of ether oxygens (including phenoxy) is 1. The summed E-state index contributed by atoms with van der Waals surface area (Å²) in [5.41, 5.74) is 0.662. The van der Waals surface area contributed by atoms with E-state index in [0.717, 1.165) is 19.4 Å². The standard InChI is InChI=1S/C17H20FN3O2/c1-23-16-6-5-13(10-15(16)18)11-17(22)20-8-2-4-14(12-20)21-9-3-7-19-21/h3,5-7,9-10,14H,2,4,8,11-12H2,1H3/t14-/m1/s1. The molecule has 1 aromatic heterocycles. The number of likely N-dealkylation sites (tertiary alicyclic amines) is 1. The van der Waals surface area contributed by atoms with Crippen molar-refractivity contribution in [2.24, 2.45) is 0 Å². The summed E-state index contributed by atoms with van der Waals surface area (Å²) in [7, 11) is 1.42. The van der Waals surface area contributed by atoms with Crippen LogP contribution in [0.15, 0.2) is 36.7 Å².